The normalized spacial score (nSPS) is 18.1. The minimum Gasteiger partial charge on any atom is -0.497 e. The number of ether oxygens (including phenoxy) is 7. The number of rotatable bonds is 30. The van der Waals surface area contributed by atoms with Crippen molar-refractivity contribution >= 4 is 74.7 Å². The highest BCUT2D eigenvalue weighted by Crippen LogP contribution is 2.53. The molecule has 2 N–H and O–H groups in total. The summed E-state index contributed by atoms with van der Waals surface area (Å²) < 4.78 is 67.2. The van der Waals surface area contributed by atoms with Crippen LogP contribution in [-0.2, 0) is 44.0 Å². The number of para-hydroxylation sites is 1. The van der Waals surface area contributed by atoms with Crippen molar-refractivity contribution in [3.8, 4) is 29.2 Å². The Morgan fingerprint density at radius 3 is 1.89 bits per heavy atom. The van der Waals surface area contributed by atoms with Crippen molar-refractivity contribution in [3.05, 3.63) is 132 Å². The standard InChI is InChI=1S/C60H77Cl3N7O12PSi/c1-39(2)70(40(3)4)83(79-33-19-32-64)82-53-50(34-78-59(44-20-15-13-16-21-44,45-24-28-47(73-11)29-25-45)46-26-30-48(74-12)31-27-46)81-60(72,54(53)77-38-80-84(41(5)6,42(7)8)43(9)10)69-37-65-52-55(69)67-57(68-56(52)76-36-58(61,62)63)66-51(71)35-75-49-22-17-14-18-23-49/h13-18,20-31,37,39-43,50,53-54,72H,19,33-36,38H2,1-12H3,(H,66,67,68,71)/t50-,53-,54-,60+,83?/m1/s1. The molecule has 2 aromatic heterocycles. The highest BCUT2D eigenvalue weighted by molar-refractivity contribution is 7.44. The average molecular weight is 1250 g/mol. The summed E-state index contributed by atoms with van der Waals surface area (Å²) in [6, 6.07) is 35.6. The van der Waals surface area contributed by atoms with E-state index in [1.54, 1.807) is 38.5 Å². The van der Waals surface area contributed by atoms with Crippen molar-refractivity contribution < 1.29 is 56.5 Å². The molecule has 24 heteroatoms. The van der Waals surface area contributed by atoms with E-state index in [9.17, 15) is 15.2 Å². The van der Waals surface area contributed by atoms with Crippen LogP contribution in [0.5, 0.6) is 23.1 Å². The van der Waals surface area contributed by atoms with E-state index < -0.39 is 69.6 Å². The Morgan fingerprint density at radius 2 is 1.37 bits per heavy atom. The third kappa shape index (κ3) is 15.3. The fraction of sp³-hybridized carbons (Fsp3) is 0.483. The molecule has 7 rings (SSSR count). The molecule has 3 heterocycles. The number of nitriles is 1. The molecule has 1 amide bonds. The lowest BCUT2D eigenvalue weighted by atomic mass is 9.80. The van der Waals surface area contributed by atoms with Gasteiger partial charge in [-0.1, -0.05) is 149 Å². The lowest BCUT2D eigenvalue weighted by Crippen LogP contribution is -2.51. The first-order valence-corrected chi connectivity index (χ1v) is 32.2. The van der Waals surface area contributed by atoms with Crippen LogP contribution in [0.15, 0.2) is 116 Å². The Kier molecular flexibility index (Phi) is 23.3. The molecule has 19 nitrogen and oxygen atoms in total. The first kappa shape index (κ1) is 66.3. The number of nitrogens with zero attached hydrogens (tertiary/aromatic N) is 6. The third-order valence-electron chi connectivity index (χ3n) is 14.6. The second kappa shape index (κ2) is 29.5. The van der Waals surface area contributed by atoms with E-state index in [4.69, 9.17) is 86.4 Å². The summed E-state index contributed by atoms with van der Waals surface area (Å²) in [7, 11) is -1.57. The summed E-state index contributed by atoms with van der Waals surface area (Å²) >= 11 is 18.7. The molecule has 5 atom stereocenters. The van der Waals surface area contributed by atoms with Gasteiger partial charge in [0.25, 0.3) is 20.3 Å². The lowest BCUT2D eigenvalue weighted by molar-refractivity contribution is -0.302. The number of fused-ring (bicyclic) bond motifs is 1. The van der Waals surface area contributed by atoms with Gasteiger partial charge >= 0.3 is 0 Å². The number of amides is 1. The quantitative estimate of drug-likeness (QED) is 0.0107. The molecule has 0 bridgehead atoms. The predicted octanol–water partition coefficient (Wildman–Crippen LogP) is 12.8. The zero-order valence-corrected chi connectivity index (χ0v) is 53.7. The maximum absolute atomic E-state index is 14.0. The topological polar surface area (TPSA) is 212 Å². The number of methoxy groups -OCH3 is 2. The van der Waals surface area contributed by atoms with Crippen LogP contribution >= 0.6 is 43.3 Å². The first-order valence-electron chi connectivity index (χ1n) is 27.8. The highest BCUT2D eigenvalue weighted by atomic mass is 35.6. The molecule has 1 aliphatic heterocycles. The molecule has 1 aliphatic rings. The number of halogens is 3. The summed E-state index contributed by atoms with van der Waals surface area (Å²) in [6.07, 6.45) is -2.72. The van der Waals surface area contributed by atoms with Gasteiger partial charge in [-0.3, -0.25) is 14.7 Å². The molecule has 454 valence electrons. The van der Waals surface area contributed by atoms with Crippen molar-refractivity contribution in [2.45, 2.75) is 138 Å². The van der Waals surface area contributed by atoms with Gasteiger partial charge in [0.15, 0.2) is 23.9 Å². The van der Waals surface area contributed by atoms with Gasteiger partial charge in [-0.25, -0.2) is 9.65 Å². The molecule has 0 spiro atoms. The summed E-state index contributed by atoms with van der Waals surface area (Å²) in [5.41, 5.74) is 1.12. The molecule has 0 saturated carbocycles. The second-order valence-electron chi connectivity index (χ2n) is 21.6. The van der Waals surface area contributed by atoms with Crippen molar-refractivity contribution in [2.75, 3.05) is 52.8 Å². The van der Waals surface area contributed by atoms with Gasteiger partial charge in [-0.15, -0.1) is 0 Å². The highest BCUT2D eigenvalue weighted by Gasteiger charge is 2.61. The zero-order chi connectivity index (χ0) is 61.0. The summed E-state index contributed by atoms with van der Waals surface area (Å²) in [4.78, 5) is 27.5. The SMILES string of the molecule is COc1ccc(C(OC[C@H]2O[C@](O)(n3cnc4c(OCC(Cl)(Cl)Cl)nc(NC(=O)COc5ccccc5)nc43)[C@H](OCO[Si](C(C)C)(C(C)C)C(C)C)[C@@H]2OP(OCCC#N)N(C(C)C)C(C)C)(c2ccccc2)c2ccc(OC)cc2)cc1. The molecule has 6 aromatic rings. The number of imidazole rings is 1. The number of anilines is 1. The molecule has 1 unspecified atom stereocenters. The van der Waals surface area contributed by atoms with Crippen LogP contribution < -0.4 is 24.3 Å². The number of carbonyl (C=O) groups is 1. The summed E-state index contributed by atoms with van der Waals surface area (Å²) in [5.74, 6) is -2.06. The zero-order valence-electron chi connectivity index (χ0n) is 49.5. The molecule has 4 aromatic carbocycles. The Bertz CT molecular complexity index is 3010. The maximum atomic E-state index is 14.0. The lowest BCUT2D eigenvalue weighted by Gasteiger charge is -2.43. The van der Waals surface area contributed by atoms with Crippen LogP contribution in [0.3, 0.4) is 0 Å². The Morgan fingerprint density at radius 1 is 0.810 bits per heavy atom. The van der Waals surface area contributed by atoms with E-state index in [0.717, 1.165) is 16.7 Å². The van der Waals surface area contributed by atoms with Crippen LogP contribution in [0, 0.1) is 11.3 Å². The van der Waals surface area contributed by atoms with Crippen LogP contribution in [0.1, 0.15) is 92.3 Å². The number of alkyl halides is 3. The maximum Gasteiger partial charge on any atom is 0.286 e. The number of carbonyl (C=O) groups excluding carboxylic acids is 1. The number of hydrogen-bond donors (Lipinski definition) is 2. The van der Waals surface area contributed by atoms with E-state index in [-0.39, 0.29) is 78.1 Å². The number of benzene rings is 4. The molecule has 84 heavy (non-hydrogen) atoms. The van der Waals surface area contributed by atoms with E-state index >= 15 is 0 Å². The van der Waals surface area contributed by atoms with Crippen LogP contribution in [0.4, 0.5) is 5.95 Å². The molecular weight excluding hydrogens is 1180 g/mol. The smallest absolute Gasteiger partial charge is 0.286 e. The minimum absolute atomic E-state index is 0.0205. The van der Waals surface area contributed by atoms with E-state index in [2.05, 4.69) is 67.6 Å². The fourth-order valence-corrected chi connectivity index (χ4v) is 18.2. The van der Waals surface area contributed by atoms with Crippen molar-refractivity contribution in [1.29, 1.82) is 5.26 Å². The molecule has 0 aliphatic carbocycles. The van der Waals surface area contributed by atoms with E-state index in [0.29, 0.717) is 17.2 Å². The largest absolute Gasteiger partial charge is 0.497 e. The molecule has 1 fully saturated rings. The van der Waals surface area contributed by atoms with Gasteiger partial charge in [-0.2, -0.15) is 15.2 Å². The number of aromatic nitrogens is 4. The predicted molar refractivity (Wildman–Crippen MR) is 327 cm³/mol. The van der Waals surface area contributed by atoms with Gasteiger partial charge in [0.2, 0.25) is 23.9 Å². The van der Waals surface area contributed by atoms with Gasteiger partial charge in [0.05, 0.1) is 39.9 Å². The van der Waals surface area contributed by atoms with Crippen LogP contribution in [0.25, 0.3) is 11.2 Å². The second-order valence-corrected chi connectivity index (χ2v) is 31.0. The monoisotopic (exact) mass is 1250 g/mol. The van der Waals surface area contributed by atoms with Crippen molar-refractivity contribution in [1.82, 2.24) is 24.2 Å². The van der Waals surface area contributed by atoms with Gasteiger partial charge in [0.1, 0.15) is 54.8 Å². The van der Waals surface area contributed by atoms with Gasteiger partial charge < -0.3 is 51.7 Å². The summed E-state index contributed by atoms with van der Waals surface area (Å²) in [5, 5.41) is 26.5. The van der Waals surface area contributed by atoms with Gasteiger partial charge in [-0.05, 0) is 97.4 Å². The number of hydrogen-bond acceptors (Lipinski definition) is 17. The number of nitrogens with one attached hydrogen (secondary N) is 1. The first-order chi connectivity index (χ1) is 40.0. The van der Waals surface area contributed by atoms with Crippen LogP contribution in [-0.4, -0.2) is 125 Å². The van der Waals surface area contributed by atoms with E-state index in [1.165, 1.54) is 10.9 Å². The Hall–Kier alpha value is -5.21. The van der Waals surface area contributed by atoms with Gasteiger partial charge in [0, 0.05) is 12.1 Å². The van der Waals surface area contributed by atoms with Crippen molar-refractivity contribution in [3.63, 3.8) is 0 Å². The molecule has 0 radical (unpaired) electrons. The Labute approximate surface area is 510 Å². The molecule has 1 saturated heterocycles. The Balaban J connectivity index is 1.46. The third-order valence-corrected chi connectivity index (χ3v) is 23.1. The van der Waals surface area contributed by atoms with Crippen LogP contribution in [0.2, 0.25) is 16.6 Å². The average Bonchev–Trinajstić information content (AvgIpc) is 1.71. The van der Waals surface area contributed by atoms with Crippen molar-refractivity contribution in [2.24, 2.45) is 0 Å². The minimum atomic E-state index is -2.68. The van der Waals surface area contributed by atoms with E-state index in [1.807, 2.05) is 113 Å². The number of aliphatic hydroxyl groups is 1. The molecular formula is C60H77Cl3N7O12PSi. The summed E-state index contributed by atoms with van der Waals surface area (Å²) in [6.45, 7) is 19.5. The fourth-order valence-electron chi connectivity index (χ4n) is 11.0.